The molecular weight excluding hydrogens is 276 g/mol. The van der Waals surface area contributed by atoms with Gasteiger partial charge in [-0.1, -0.05) is 6.07 Å². The highest BCUT2D eigenvalue weighted by Gasteiger charge is 2.29. The van der Waals surface area contributed by atoms with Crippen molar-refractivity contribution < 1.29 is 19.6 Å². The highest BCUT2D eigenvalue weighted by atomic mass is 16.6. The average Bonchev–Trinajstić information content (AvgIpc) is 2.85. The number of carboxylic acids is 1. The number of rotatable bonds is 4. The van der Waals surface area contributed by atoms with Crippen LogP contribution >= 0.6 is 0 Å². The molecule has 112 valence electrons. The quantitative estimate of drug-likeness (QED) is 0.674. The Bertz CT molecular complexity index is 599. The standard InChI is InChI=1S/C14H16N2O5/c1-9-2-3-11(7-12(9)16(20)21)14(19)15-5-4-10(8-15)6-13(17)18/h2-3,7,10H,4-6,8H2,1H3,(H,17,18). The third kappa shape index (κ3) is 3.36. The van der Waals surface area contributed by atoms with Gasteiger partial charge in [-0.05, 0) is 25.3 Å². The third-order valence-electron chi connectivity index (χ3n) is 3.69. The molecule has 7 heteroatoms. The van der Waals surface area contributed by atoms with E-state index in [1.165, 1.54) is 6.07 Å². The first kappa shape index (κ1) is 15.0. The summed E-state index contributed by atoms with van der Waals surface area (Å²) in [5, 5.41) is 19.7. The Morgan fingerprint density at radius 1 is 1.48 bits per heavy atom. The van der Waals surface area contributed by atoms with Crippen LogP contribution in [0, 0.1) is 23.0 Å². The Morgan fingerprint density at radius 2 is 2.19 bits per heavy atom. The zero-order valence-electron chi connectivity index (χ0n) is 11.6. The van der Waals surface area contributed by atoms with Gasteiger partial charge in [0, 0.05) is 36.7 Å². The lowest BCUT2D eigenvalue weighted by atomic mass is 10.1. The minimum Gasteiger partial charge on any atom is -0.481 e. The normalized spacial score (nSPS) is 17.8. The molecule has 1 aliphatic rings. The summed E-state index contributed by atoms with van der Waals surface area (Å²) in [6.45, 7) is 2.48. The van der Waals surface area contributed by atoms with Gasteiger partial charge in [-0.15, -0.1) is 0 Å². The molecule has 1 aromatic rings. The van der Waals surface area contributed by atoms with Crippen molar-refractivity contribution in [2.24, 2.45) is 5.92 Å². The van der Waals surface area contributed by atoms with E-state index in [0.717, 1.165) is 0 Å². The van der Waals surface area contributed by atoms with Crippen molar-refractivity contribution in [3.8, 4) is 0 Å². The van der Waals surface area contributed by atoms with Gasteiger partial charge in [0.1, 0.15) is 0 Å². The van der Waals surface area contributed by atoms with Crippen LogP contribution in [-0.2, 0) is 4.79 Å². The summed E-state index contributed by atoms with van der Waals surface area (Å²) < 4.78 is 0. The van der Waals surface area contributed by atoms with E-state index in [-0.39, 0.29) is 29.5 Å². The fourth-order valence-corrected chi connectivity index (χ4v) is 2.55. The number of nitrogens with zero attached hydrogens (tertiary/aromatic N) is 2. The first-order valence-corrected chi connectivity index (χ1v) is 6.64. The first-order chi connectivity index (χ1) is 9.88. The first-order valence-electron chi connectivity index (χ1n) is 6.64. The molecule has 0 spiro atoms. The number of carbonyl (C=O) groups is 2. The Kier molecular flexibility index (Phi) is 4.21. The summed E-state index contributed by atoms with van der Waals surface area (Å²) in [5.41, 5.74) is 0.687. The van der Waals surface area contributed by atoms with E-state index in [1.54, 1.807) is 24.0 Å². The molecule has 0 aliphatic carbocycles. The molecule has 1 N–H and O–H groups in total. The van der Waals surface area contributed by atoms with Crippen LogP contribution in [0.4, 0.5) is 5.69 Å². The Hall–Kier alpha value is -2.44. The van der Waals surface area contributed by atoms with Gasteiger partial charge < -0.3 is 10.0 Å². The number of carboxylic acid groups (broad SMARTS) is 1. The van der Waals surface area contributed by atoms with Gasteiger partial charge in [0.2, 0.25) is 0 Å². The molecule has 1 aromatic carbocycles. The van der Waals surface area contributed by atoms with Crippen molar-refractivity contribution in [3.05, 3.63) is 39.4 Å². The molecule has 1 fully saturated rings. The number of nitro groups is 1. The van der Waals surface area contributed by atoms with Crippen LogP contribution in [0.15, 0.2) is 18.2 Å². The van der Waals surface area contributed by atoms with E-state index in [2.05, 4.69) is 0 Å². The number of hydrogen-bond acceptors (Lipinski definition) is 4. The predicted molar refractivity (Wildman–Crippen MR) is 74.1 cm³/mol. The lowest BCUT2D eigenvalue weighted by Crippen LogP contribution is -2.29. The topological polar surface area (TPSA) is 101 Å². The number of aliphatic carboxylic acids is 1. The number of carbonyl (C=O) groups excluding carboxylic acids is 1. The maximum absolute atomic E-state index is 12.3. The smallest absolute Gasteiger partial charge is 0.303 e. The van der Waals surface area contributed by atoms with E-state index in [0.29, 0.717) is 25.1 Å². The molecule has 1 aliphatic heterocycles. The molecule has 0 radical (unpaired) electrons. The lowest BCUT2D eigenvalue weighted by molar-refractivity contribution is -0.385. The molecule has 0 bridgehead atoms. The van der Waals surface area contributed by atoms with E-state index in [4.69, 9.17) is 5.11 Å². The molecule has 0 saturated carbocycles. The molecule has 1 atom stereocenters. The van der Waals surface area contributed by atoms with Gasteiger partial charge in [0.25, 0.3) is 11.6 Å². The number of hydrogen-bond donors (Lipinski definition) is 1. The molecule has 1 saturated heterocycles. The highest BCUT2D eigenvalue weighted by Crippen LogP contribution is 2.24. The molecule has 1 heterocycles. The summed E-state index contributed by atoms with van der Waals surface area (Å²) in [4.78, 5) is 35.0. The number of amides is 1. The van der Waals surface area contributed by atoms with Crippen LogP contribution < -0.4 is 0 Å². The Morgan fingerprint density at radius 3 is 2.81 bits per heavy atom. The van der Waals surface area contributed by atoms with E-state index >= 15 is 0 Å². The van der Waals surface area contributed by atoms with Gasteiger partial charge in [0.05, 0.1) is 4.92 Å². The zero-order valence-corrected chi connectivity index (χ0v) is 11.6. The Labute approximate surface area is 121 Å². The van der Waals surface area contributed by atoms with Crippen LogP contribution in [0.2, 0.25) is 0 Å². The van der Waals surface area contributed by atoms with Gasteiger partial charge in [-0.3, -0.25) is 19.7 Å². The SMILES string of the molecule is Cc1ccc(C(=O)N2CCC(CC(=O)O)C2)cc1[N+](=O)[O-]. The predicted octanol–water partition coefficient (Wildman–Crippen LogP) is 1.84. The fraction of sp³-hybridized carbons (Fsp3) is 0.429. The Balaban J connectivity index is 2.12. The van der Waals surface area contributed by atoms with Crippen LogP contribution in [-0.4, -0.2) is 39.9 Å². The third-order valence-corrected chi connectivity index (χ3v) is 3.69. The second-order valence-electron chi connectivity index (χ2n) is 5.26. The van der Waals surface area contributed by atoms with Crippen molar-refractivity contribution in [1.82, 2.24) is 4.90 Å². The molecule has 21 heavy (non-hydrogen) atoms. The summed E-state index contributed by atoms with van der Waals surface area (Å²) in [6.07, 6.45) is 0.684. The molecule has 1 unspecified atom stereocenters. The fourth-order valence-electron chi connectivity index (χ4n) is 2.55. The second-order valence-corrected chi connectivity index (χ2v) is 5.26. The van der Waals surface area contributed by atoms with E-state index < -0.39 is 10.9 Å². The molecular formula is C14H16N2O5. The van der Waals surface area contributed by atoms with Crippen LogP contribution in [0.3, 0.4) is 0 Å². The lowest BCUT2D eigenvalue weighted by Gasteiger charge is -2.16. The monoisotopic (exact) mass is 292 g/mol. The van der Waals surface area contributed by atoms with E-state index in [9.17, 15) is 19.7 Å². The largest absolute Gasteiger partial charge is 0.481 e. The zero-order chi connectivity index (χ0) is 15.6. The summed E-state index contributed by atoms with van der Waals surface area (Å²) in [5.74, 6) is -1.21. The number of likely N-dealkylation sites (tertiary alicyclic amines) is 1. The van der Waals surface area contributed by atoms with E-state index in [1.807, 2.05) is 0 Å². The molecule has 0 aromatic heterocycles. The van der Waals surface area contributed by atoms with Crippen molar-refractivity contribution in [2.45, 2.75) is 19.8 Å². The van der Waals surface area contributed by atoms with Crippen molar-refractivity contribution >= 4 is 17.6 Å². The van der Waals surface area contributed by atoms with Crippen molar-refractivity contribution in [1.29, 1.82) is 0 Å². The maximum Gasteiger partial charge on any atom is 0.303 e. The van der Waals surface area contributed by atoms with Crippen LogP contribution in [0.25, 0.3) is 0 Å². The summed E-state index contributed by atoms with van der Waals surface area (Å²) in [7, 11) is 0. The highest BCUT2D eigenvalue weighted by molar-refractivity contribution is 5.95. The average molecular weight is 292 g/mol. The van der Waals surface area contributed by atoms with Gasteiger partial charge in [-0.2, -0.15) is 0 Å². The van der Waals surface area contributed by atoms with Crippen molar-refractivity contribution in [3.63, 3.8) is 0 Å². The van der Waals surface area contributed by atoms with Gasteiger partial charge >= 0.3 is 5.97 Å². The molecule has 7 nitrogen and oxygen atoms in total. The van der Waals surface area contributed by atoms with Crippen LogP contribution in [0.1, 0.15) is 28.8 Å². The maximum atomic E-state index is 12.3. The van der Waals surface area contributed by atoms with Gasteiger partial charge in [0.15, 0.2) is 0 Å². The minimum absolute atomic E-state index is 0.0395. The molecule has 2 rings (SSSR count). The number of benzene rings is 1. The van der Waals surface area contributed by atoms with Crippen molar-refractivity contribution in [2.75, 3.05) is 13.1 Å². The minimum atomic E-state index is -0.875. The van der Waals surface area contributed by atoms with Gasteiger partial charge in [-0.25, -0.2) is 0 Å². The number of nitro benzene ring substituents is 1. The molecule has 1 amide bonds. The second kappa shape index (κ2) is 5.90. The number of aryl methyl sites for hydroxylation is 1. The van der Waals surface area contributed by atoms with Crippen LogP contribution in [0.5, 0.6) is 0 Å². The summed E-state index contributed by atoms with van der Waals surface area (Å²) in [6, 6.07) is 4.40. The summed E-state index contributed by atoms with van der Waals surface area (Å²) >= 11 is 0.